The predicted molar refractivity (Wildman–Crippen MR) is 73.6 cm³/mol. The fraction of sp³-hybridized carbons (Fsp3) is 0.929. The minimum absolute atomic E-state index is 0.199. The van der Waals surface area contributed by atoms with E-state index in [9.17, 15) is 9.90 Å². The van der Waals surface area contributed by atoms with Crippen molar-refractivity contribution in [3.05, 3.63) is 0 Å². The van der Waals surface area contributed by atoms with Crippen LogP contribution in [-0.2, 0) is 4.79 Å². The van der Waals surface area contributed by atoms with E-state index in [1.165, 1.54) is 0 Å². The van der Waals surface area contributed by atoms with Crippen molar-refractivity contribution in [1.82, 2.24) is 0 Å². The Morgan fingerprint density at radius 2 is 1.72 bits per heavy atom. The molecule has 0 saturated heterocycles. The summed E-state index contributed by atoms with van der Waals surface area (Å²) in [6, 6.07) is 0. The molecule has 0 rings (SSSR count). The SMILES string of the molecule is CCCC(O)(CCCCC(C)=O)N=NC(C)(C)C. The van der Waals surface area contributed by atoms with Gasteiger partial charge in [0.2, 0.25) is 0 Å². The van der Waals surface area contributed by atoms with Crippen molar-refractivity contribution in [1.29, 1.82) is 0 Å². The molecule has 0 aliphatic rings. The maximum atomic E-state index is 10.8. The summed E-state index contributed by atoms with van der Waals surface area (Å²) in [5.41, 5.74) is -1.32. The van der Waals surface area contributed by atoms with Gasteiger partial charge in [-0.25, -0.2) is 0 Å². The highest BCUT2D eigenvalue weighted by molar-refractivity contribution is 5.75. The second-order valence-corrected chi connectivity index (χ2v) is 6.01. The van der Waals surface area contributed by atoms with Gasteiger partial charge >= 0.3 is 0 Å². The number of ketones is 1. The Labute approximate surface area is 111 Å². The maximum Gasteiger partial charge on any atom is 0.176 e. The first-order valence-corrected chi connectivity index (χ1v) is 6.84. The van der Waals surface area contributed by atoms with E-state index >= 15 is 0 Å². The smallest absolute Gasteiger partial charge is 0.176 e. The molecule has 0 aromatic rings. The van der Waals surface area contributed by atoms with Gasteiger partial charge in [0.1, 0.15) is 5.78 Å². The molecule has 0 saturated carbocycles. The highest BCUT2D eigenvalue weighted by Crippen LogP contribution is 2.24. The van der Waals surface area contributed by atoms with Crippen molar-refractivity contribution < 1.29 is 9.90 Å². The van der Waals surface area contributed by atoms with Crippen LogP contribution in [0.2, 0.25) is 0 Å². The minimum Gasteiger partial charge on any atom is -0.368 e. The van der Waals surface area contributed by atoms with E-state index in [-0.39, 0.29) is 11.3 Å². The van der Waals surface area contributed by atoms with Crippen molar-refractivity contribution in [2.45, 2.75) is 84.4 Å². The molecule has 106 valence electrons. The molecule has 0 aliphatic carbocycles. The number of hydrogen-bond acceptors (Lipinski definition) is 4. The fourth-order valence-corrected chi connectivity index (χ4v) is 1.65. The predicted octanol–water partition coefficient (Wildman–Crippen LogP) is 3.88. The number of Topliss-reactive ketones (excluding diaryl/α,β-unsaturated/α-hetero) is 1. The molecule has 4 nitrogen and oxygen atoms in total. The van der Waals surface area contributed by atoms with Gasteiger partial charge < -0.3 is 9.90 Å². The van der Waals surface area contributed by atoms with Gasteiger partial charge in [-0.1, -0.05) is 13.3 Å². The van der Waals surface area contributed by atoms with Crippen molar-refractivity contribution in [3.8, 4) is 0 Å². The molecule has 0 fully saturated rings. The Morgan fingerprint density at radius 1 is 1.11 bits per heavy atom. The normalized spacial score (nSPS) is 15.9. The van der Waals surface area contributed by atoms with Crippen LogP contribution >= 0.6 is 0 Å². The summed E-state index contributed by atoms with van der Waals surface area (Å²) in [5, 5.41) is 18.7. The van der Waals surface area contributed by atoms with Crippen molar-refractivity contribution >= 4 is 5.78 Å². The molecule has 0 radical (unpaired) electrons. The van der Waals surface area contributed by atoms with E-state index in [1.807, 2.05) is 27.7 Å². The highest BCUT2D eigenvalue weighted by atomic mass is 16.3. The second-order valence-electron chi connectivity index (χ2n) is 6.01. The first-order chi connectivity index (χ1) is 8.18. The van der Waals surface area contributed by atoms with Gasteiger partial charge in [-0.15, -0.1) is 0 Å². The first-order valence-electron chi connectivity index (χ1n) is 6.84. The van der Waals surface area contributed by atoms with Crippen LogP contribution in [-0.4, -0.2) is 22.2 Å². The van der Waals surface area contributed by atoms with Crippen molar-refractivity contribution in [3.63, 3.8) is 0 Å². The molecule has 4 heteroatoms. The van der Waals surface area contributed by atoms with E-state index in [2.05, 4.69) is 10.2 Å². The lowest BCUT2D eigenvalue weighted by molar-refractivity contribution is -0.117. The van der Waals surface area contributed by atoms with Gasteiger partial charge in [-0.3, -0.25) is 0 Å². The molecule has 0 spiro atoms. The number of azo groups is 1. The summed E-state index contributed by atoms with van der Waals surface area (Å²) in [6.45, 7) is 9.49. The lowest BCUT2D eigenvalue weighted by Crippen LogP contribution is -2.26. The maximum absolute atomic E-state index is 10.8. The Bertz CT molecular complexity index is 282. The standard InChI is InChI=1S/C14H28N2O2/c1-6-10-14(18,16-15-13(3,4)5)11-8-7-9-12(2)17/h18H,6-11H2,1-5H3. The Balaban J connectivity index is 4.34. The zero-order chi connectivity index (χ0) is 14.2. The van der Waals surface area contributed by atoms with Crippen molar-refractivity contribution in [2.75, 3.05) is 0 Å². The zero-order valence-corrected chi connectivity index (χ0v) is 12.5. The fourth-order valence-electron chi connectivity index (χ4n) is 1.65. The van der Waals surface area contributed by atoms with Gasteiger partial charge in [-0.2, -0.15) is 10.2 Å². The molecular weight excluding hydrogens is 228 g/mol. The Hall–Kier alpha value is -0.770. The lowest BCUT2D eigenvalue weighted by atomic mass is 10.00. The molecular formula is C14H28N2O2. The topological polar surface area (TPSA) is 62.0 Å². The van der Waals surface area contributed by atoms with Crippen molar-refractivity contribution in [2.24, 2.45) is 10.2 Å². The summed E-state index contributed by atoms with van der Waals surface area (Å²) < 4.78 is 0. The minimum atomic E-state index is -1.06. The number of aliphatic hydroxyl groups is 1. The molecule has 0 aromatic carbocycles. The number of rotatable bonds is 8. The number of carbonyl (C=O) groups excluding carboxylic acids is 1. The van der Waals surface area contributed by atoms with Gasteiger partial charge in [-0.05, 0) is 53.4 Å². The molecule has 0 amide bonds. The van der Waals surface area contributed by atoms with Crippen LogP contribution in [0, 0.1) is 0 Å². The molecule has 1 atom stereocenters. The van der Waals surface area contributed by atoms with Crippen LogP contribution in [0.25, 0.3) is 0 Å². The molecule has 0 heterocycles. The zero-order valence-electron chi connectivity index (χ0n) is 12.5. The molecule has 1 N–H and O–H groups in total. The van der Waals surface area contributed by atoms with Gasteiger partial charge in [0.05, 0.1) is 5.54 Å². The third-order valence-electron chi connectivity index (χ3n) is 2.54. The number of nitrogens with zero attached hydrogens (tertiary/aromatic N) is 2. The third kappa shape index (κ3) is 9.28. The van der Waals surface area contributed by atoms with Crippen LogP contribution in [0.5, 0.6) is 0 Å². The first kappa shape index (κ1) is 17.2. The van der Waals surface area contributed by atoms with E-state index in [4.69, 9.17) is 0 Å². The van der Waals surface area contributed by atoms with E-state index < -0.39 is 5.72 Å². The Morgan fingerprint density at radius 3 is 2.17 bits per heavy atom. The van der Waals surface area contributed by atoms with Crippen LogP contribution in [0.4, 0.5) is 0 Å². The average molecular weight is 256 g/mol. The largest absolute Gasteiger partial charge is 0.368 e. The van der Waals surface area contributed by atoms with E-state index in [0.717, 1.165) is 19.3 Å². The molecule has 0 aromatic heterocycles. The molecule has 0 bridgehead atoms. The van der Waals surface area contributed by atoms with Crippen LogP contribution in [0.1, 0.15) is 73.1 Å². The summed E-state index contributed by atoms with van der Waals surface area (Å²) in [6.07, 6.45) is 4.26. The second kappa shape index (κ2) is 7.62. The molecule has 0 aliphatic heterocycles. The molecule has 18 heavy (non-hydrogen) atoms. The number of carbonyl (C=O) groups is 1. The Kier molecular flexibility index (Phi) is 7.29. The average Bonchev–Trinajstić information content (AvgIpc) is 2.21. The lowest BCUT2D eigenvalue weighted by Gasteiger charge is -2.23. The highest BCUT2D eigenvalue weighted by Gasteiger charge is 2.25. The number of unbranched alkanes of at least 4 members (excludes halogenated alkanes) is 1. The quantitative estimate of drug-likeness (QED) is 0.529. The van der Waals surface area contributed by atoms with Gasteiger partial charge in [0.25, 0.3) is 0 Å². The summed E-state index contributed by atoms with van der Waals surface area (Å²) >= 11 is 0. The van der Waals surface area contributed by atoms with Crippen LogP contribution in [0.3, 0.4) is 0 Å². The van der Waals surface area contributed by atoms with E-state index in [0.29, 0.717) is 19.3 Å². The third-order valence-corrected chi connectivity index (χ3v) is 2.54. The monoisotopic (exact) mass is 256 g/mol. The van der Waals surface area contributed by atoms with Crippen LogP contribution < -0.4 is 0 Å². The van der Waals surface area contributed by atoms with Crippen LogP contribution in [0.15, 0.2) is 10.2 Å². The molecule has 1 unspecified atom stereocenters. The van der Waals surface area contributed by atoms with Gasteiger partial charge in [0.15, 0.2) is 5.72 Å². The number of hydrogen-bond donors (Lipinski definition) is 1. The van der Waals surface area contributed by atoms with E-state index in [1.54, 1.807) is 6.92 Å². The summed E-state index contributed by atoms with van der Waals surface area (Å²) in [7, 11) is 0. The summed E-state index contributed by atoms with van der Waals surface area (Å²) in [5.74, 6) is 0.199. The summed E-state index contributed by atoms with van der Waals surface area (Å²) in [4.78, 5) is 10.8. The van der Waals surface area contributed by atoms with Gasteiger partial charge in [0, 0.05) is 6.42 Å².